The van der Waals surface area contributed by atoms with Crippen molar-refractivity contribution in [2.45, 2.75) is 13.8 Å². The molecule has 0 aliphatic carbocycles. The maximum atomic E-state index is 12.4. The van der Waals surface area contributed by atoms with Gasteiger partial charge in [-0.15, -0.1) is 0 Å². The molecule has 7 nitrogen and oxygen atoms in total. The second kappa shape index (κ2) is 8.79. The van der Waals surface area contributed by atoms with Gasteiger partial charge >= 0.3 is 0 Å². The number of hydrogen-bond acceptors (Lipinski definition) is 5. The monoisotopic (exact) mass is 389 g/mol. The first-order valence-electron chi connectivity index (χ1n) is 8.85. The van der Waals surface area contributed by atoms with Crippen molar-refractivity contribution in [3.8, 4) is 0 Å². The Morgan fingerprint density at radius 3 is 2.41 bits per heavy atom. The summed E-state index contributed by atoms with van der Waals surface area (Å²) in [6.45, 7) is 3.39. The molecule has 0 saturated heterocycles. The second-order valence-electron chi connectivity index (χ2n) is 6.41. The lowest BCUT2D eigenvalue weighted by atomic mass is 10.2. The fraction of sp³-hybridized carbons (Fsp3) is 0.0909. The minimum atomic E-state index is -0.601. The Bertz CT molecular complexity index is 1170. The number of nitrogens with zero attached hydrogens (tertiary/aromatic N) is 1. The Hall–Kier alpha value is -4.00. The second-order valence-corrected chi connectivity index (χ2v) is 6.41. The lowest BCUT2D eigenvalue weighted by molar-refractivity contribution is -0.117. The van der Waals surface area contributed by atoms with Gasteiger partial charge in [-0.2, -0.15) is 5.10 Å². The predicted octanol–water partition coefficient (Wildman–Crippen LogP) is 2.97. The number of amides is 2. The topological polar surface area (TPSA) is 101 Å². The van der Waals surface area contributed by atoms with E-state index in [0.29, 0.717) is 22.1 Å². The van der Waals surface area contributed by atoms with Gasteiger partial charge in [0.25, 0.3) is 11.8 Å². The summed E-state index contributed by atoms with van der Waals surface area (Å²) in [6, 6.07) is 15.4. The van der Waals surface area contributed by atoms with Gasteiger partial charge in [-0.05, 0) is 43.7 Å². The Morgan fingerprint density at radius 2 is 1.69 bits per heavy atom. The number of fused-ring (bicyclic) bond motifs is 1. The van der Waals surface area contributed by atoms with E-state index in [1.54, 1.807) is 68.4 Å². The minimum Gasteiger partial charge on any atom is -0.463 e. The molecule has 3 aromatic rings. The van der Waals surface area contributed by atoms with Gasteiger partial charge in [0.15, 0.2) is 0 Å². The smallest absolute Gasteiger partial charge is 0.287 e. The zero-order chi connectivity index (χ0) is 20.8. The summed E-state index contributed by atoms with van der Waals surface area (Å²) in [5.41, 5.74) is 3.84. The van der Waals surface area contributed by atoms with E-state index in [0.717, 1.165) is 0 Å². The van der Waals surface area contributed by atoms with Crippen LogP contribution < -0.4 is 16.2 Å². The van der Waals surface area contributed by atoms with Gasteiger partial charge in [0.1, 0.15) is 17.5 Å². The molecule has 0 aliphatic heterocycles. The van der Waals surface area contributed by atoms with E-state index in [1.807, 2.05) is 0 Å². The zero-order valence-electron chi connectivity index (χ0n) is 15.9. The maximum Gasteiger partial charge on any atom is 0.287 e. The number of benzene rings is 2. The van der Waals surface area contributed by atoms with Gasteiger partial charge in [0, 0.05) is 5.56 Å². The Kier molecular flexibility index (Phi) is 5.99. The summed E-state index contributed by atoms with van der Waals surface area (Å²) >= 11 is 0. The van der Waals surface area contributed by atoms with Crippen LogP contribution in [0.1, 0.15) is 29.8 Å². The molecule has 146 valence electrons. The number of rotatable bonds is 5. The molecule has 0 radical (unpaired) electrons. The van der Waals surface area contributed by atoms with Crippen molar-refractivity contribution in [2.75, 3.05) is 0 Å². The van der Waals surface area contributed by atoms with Crippen molar-refractivity contribution >= 4 is 29.0 Å². The molecule has 0 aliphatic rings. The molecular weight excluding hydrogens is 370 g/mol. The Balaban J connectivity index is 1.73. The van der Waals surface area contributed by atoms with Crippen molar-refractivity contribution in [1.29, 1.82) is 0 Å². The summed E-state index contributed by atoms with van der Waals surface area (Å²) in [6.07, 6.45) is 2.48. The van der Waals surface area contributed by atoms with E-state index in [4.69, 9.17) is 4.42 Å². The minimum absolute atomic E-state index is 0.0848. The van der Waals surface area contributed by atoms with Gasteiger partial charge in [-0.1, -0.05) is 30.3 Å². The number of carbonyl (C=O) groups is 2. The van der Waals surface area contributed by atoms with Gasteiger partial charge in [0.05, 0.1) is 17.2 Å². The van der Waals surface area contributed by atoms with E-state index < -0.39 is 11.8 Å². The van der Waals surface area contributed by atoms with Crippen molar-refractivity contribution in [3.05, 3.63) is 93.5 Å². The van der Waals surface area contributed by atoms with E-state index in [2.05, 4.69) is 15.8 Å². The van der Waals surface area contributed by atoms with Crippen LogP contribution in [0.15, 0.2) is 86.4 Å². The molecule has 1 heterocycles. The van der Waals surface area contributed by atoms with Crippen LogP contribution in [0.4, 0.5) is 0 Å². The molecule has 3 rings (SSSR count). The van der Waals surface area contributed by atoms with Crippen molar-refractivity contribution < 1.29 is 14.0 Å². The van der Waals surface area contributed by atoms with Crippen LogP contribution in [-0.4, -0.2) is 18.0 Å². The molecule has 2 N–H and O–H groups in total. The van der Waals surface area contributed by atoms with Gasteiger partial charge in [0.2, 0.25) is 5.43 Å². The molecule has 0 fully saturated rings. The number of carbonyl (C=O) groups excluding carboxylic acids is 2. The molecule has 0 saturated carbocycles. The first-order valence-corrected chi connectivity index (χ1v) is 8.85. The normalized spacial score (nSPS) is 10.7. The first-order chi connectivity index (χ1) is 14.0. The molecule has 2 amide bonds. The SMILES string of the molecule is CC(C)=C(NC(=O)c1ccccc1)C(=O)N/N=C/c1coc2ccccc2c1=O. The summed E-state index contributed by atoms with van der Waals surface area (Å²) in [4.78, 5) is 37.2. The Labute approximate surface area is 166 Å². The first kappa shape index (κ1) is 19.8. The van der Waals surface area contributed by atoms with E-state index in [9.17, 15) is 14.4 Å². The number of hydrogen-bond donors (Lipinski definition) is 2. The van der Waals surface area contributed by atoms with Crippen LogP contribution in [0.5, 0.6) is 0 Å². The average molecular weight is 389 g/mol. The molecule has 0 bridgehead atoms. The van der Waals surface area contributed by atoms with Crippen LogP contribution in [0.3, 0.4) is 0 Å². The highest BCUT2D eigenvalue weighted by atomic mass is 16.3. The molecule has 29 heavy (non-hydrogen) atoms. The number of nitrogens with one attached hydrogen (secondary N) is 2. The summed E-state index contributed by atoms with van der Waals surface area (Å²) < 4.78 is 5.40. The van der Waals surface area contributed by atoms with E-state index in [1.165, 1.54) is 12.5 Å². The summed E-state index contributed by atoms with van der Waals surface area (Å²) in [5, 5.41) is 6.83. The largest absolute Gasteiger partial charge is 0.463 e. The van der Waals surface area contributed by atoms with Gasteiger partial charge in [-0.3, -0.25) is 14.4 Å². The van der Waals surface area contributed by atoms with E-state index in [-0.39, 0.29) is 16.7 Å². The predicted molar refractivity (Wildman–Crippen MR) is 111 cm³/mol. The van der Waals surface area contributed by atoms with Crippen molar-refractivity contribution in [3.63, 3.8) is 0 Å². The van der Waals surface area contributed by atoms with Gasteiger partial charge < -0.3 is 9.73 Å². The molecular formula is C22H19N3O4. The zero-order valence-corrected chi connectivity index (χ0v) is 15.9. The fourth-order valence-electron chi connectivity index (χ4n) is 2.58. The quantitative estimate of drug-likeness (QED) is 0.398. The molecule has 7 heteroatoms. The molecule has 0 spiro atoms. The molecule has 2 aromatic carbocycles. The molecule has 0 unspecified atom stereocenters. The molecule has 0 atom stereocenters. The summed E-state index contributed by atoms with van der Waals surface area (Å²) in [5.74, 6) is -1.01. The lowest BCUT2D eigenvalue weighted by Gasteiger charge is -2.10. The standard InChI is InChI=1S/C22H19N3O4/c1-14(2)19(24-21(27)15-8-4-3-5-9-15)22(28)25-23-12-16-13-29-18-11-7-6-10-17(18)20(16)26/h3-13H,1-2H3,(H,24,27)(H,25,28)/b23-12+. The van der Waals surface area contributed by atoms with Crippen LogP contribution in [0, 0.1) is 0 Å². The number of para-hydroxylation sites is 1. The Morgan fingerprint density at radius 1 is 1.00 bits per heavy atom. The number of hydrazone groups is 1. The summed E-state index contributed by atoms with van der Waals surface area (Å²) in [7, 11) is 0. The average Bonchev–Trinajstić information content (AvgIpc) is 2.74. The number of allylic oxidation sites excluding steroid dienone is 1. The van der Waals surface area contributed by atoms with Crippen molar-refractivity contribution in [2.24, 2.45) is 5.10 Å². The van der Waals surface area contributed by atoms with E-state index >= 15 is 0 Å². The highest BCUT2D eigenvalue weighted by Gasteiger charge is 2.15. The van der Waals surface area contributed by atoms with Crippen LogP contribution >= 0.6 is 0 Å². The van der Waals surface area contributed by atoms with Crippen LogP contribution in [-0.2, 0) is 4.79 Å². The van der Waals surface area contributed by atoms with Gasteiger partial charge in [-0.25, -0.2) is 5.43 Å². The highest BCUT2D eigenvalue weighted by Crippen LogP contribution is 2.09. The van der Waals surface area contributed by atoms with Crippen molar-refractivity contribution in [1.82, 2.24) is 10.7 Å². The fourth-order valence-corrected chi connectivity index (χ4v) is 2.58. The third-order valence-corrected chi connectivity index (χ3v) is 4.08. The maximum absolute atomic E-state index is 12.4. The molecule has 1 aromatic heterocycles. The third-order valence-electron chi connectivity index (χ3n) is 4.08. The van der Waals surface area contributed by atoms with Crippen LogP contribution in [0.2, 0.25) is 0 Å². The van der Waals surface area contributed by atoms with Crippen LogP contribution in [0.25, 0.3) is 11.0 Å². The third kappa shape index (κ3) is 4.65. The highest BCUT2D eigenvalue weighted by molar-refractivity contribution is 6.03. The lowest BCUT2D eigenvalue weighted by Crippen LogP contribution is -2.33.